The molecule has 55 heavy (non-hydrogen) atoms. The molecule has 1 aliphatic carbocycles. The van der Waals surface area contributed by atoms with Gasteiger partial charge in [0, 0.05) is 37.3 Å². The van der Waals surface area contributed by atoms with Gasteiger partial charge in [-0.2, -0.15) is 18.3 Å². The second kappa shape index (κ2) is 14.4. The van der Waals surface area contributed by atoms with Gasteiger partial charge in [0.25, 0.3) is 5.91 Å². The van der Waals surface area contributed by atoms with Crippen molar-refractivity contribution in [1.82, 2.24) is 34.1 Å². The number of aryl methyl sites for hydroxylation is 1. The zero-order chi connectivity index (χ0) is 38.6. The summed E-state index contributed by atoms with van der Waals surface area (Å²) in [6.07, 6.45) is 3.15. The number of amides is 3. The average Bonchev–Trinajstić information content (AvgIpc) is 3.71. The van der Waals surface area contributed by atoms with Gasteiger partial charge in [0.1, 0.15) is 22.9 Å². The Balaban J connectivity index is 0.869. The van der Waals surface area contributed by atoms with Crippen LogP contribution in [0.4, 0.5) is 23.2 Å². The standard InChI is InChI=1S/C39H40F4N8O4/c1-48-35-27(4-2-6-30(35)51(38(48)55)31-12-13-33(52)46-37(31)54)23-14-16-49(17-15-23)20-22-8-10-26(11-9-22)50-21-24-18-25(19-28(40)34(24)47-50)44-36(53)29-5-3-7-32(45-29)39(41,42)43/h2-7,18-19,21-23,26,31H,8-17,20H2,1H3,(H,44,53)(H,46,52,54). The molecule has 5 aromatic rings. The molecule has 288 valence electrons. The minimum atomic E-state index is -4.70. The van der Waals surface area contributed by atoms with Crippen LogP contribution in [0.1, 0.15) is 91.1 Å². The number of likely N-dealkylation sites (tertiary alicyclic amines) is 1. The van der Waals surface area contributed by atoms with Crippen molar-refractivity contribution in [2.75, 3.05) is 25.0 Å². The number of benzene rings is 2. The van der Waals surface area contributed by atoms with Crippen LogP contribution in [-0.2, 0) is 22.8 Å². The Labute approximate surface area is 312 Å². The Hall–Kier alpha value is -5.38. The van der Waals surface area contributed by atoms with Gasteiger partial charge in [-0.25, -0.2) is 14.2 Å². The monoisotopic (exact) mass is 760 g/mol. The molecule has 5 heterocycles. The molecule has 1 saturated carbocycles. The first-order chi connectivity index (χ1) is 26.3. The lowest BCUT2D eigenvalue weighted by molar-refractivity contribution is -0.141. The molecule has 0 bridgehead atoms. The third-order valence-electron chi connectivity index (χ3n) is 11.5. The fourth-order valence-corrected chi connectivity index (χ4v) is 8.70. The van der Waals surface area contributed by atoms with Crippen molar-refractivity contribution < 1.29 is 31.9 Å². The molecular formula is C39H40F4N8O4. The van der Waals surface area contributed by atoms with Gasteiger partial charge in [-0.3, -0.25) is 33.5 Å². The van der Waals surface area contributed by atoms with Crippen LogP contribution in [0.15, 0.2) is 59.5 Å². The molecule has 2 aliphatic heterocycles. The Morgan fingerprint density at radius 1 is 0.964 bits per heavy atom. The van der Waals surface area contributed by atoms with Gasteiger partial charge in [-0.15, -0.1) is 0 Å². The Morgan fingerprint density at radius 2 is 1.71 bits per heavy atom. The maximum absolute atomic E-state index is 15.1. The van der Waals surface area contributed by atoms with E-state index in [4.69, 9.17) is 0 Å². The maximum atomic E-state index is 15.1. The molecule has 0 spiro atoms. The molecule has 3 amide bonds. The number of imidazole rings is 1. The van der Waals surface area contributed by atoms with Crippen LogP contribution in [0.25, 0.3) is 21.9 Å². The van der Waals surface area contributed by atoms with E-state index in [0.717, 1.165) is 93.5 Å². The van der Waals surface area contributed by atoms with Crippen molar-refractivity contribution in [2.45, 2.75) is 75.5 Å². The van der Waals surface area contributed by atoms with Crippen LogP contribution < -0.4 is 16.3 Å². The number of para-hydroxylation sites is 1. The van der Waals surface area contributed by atoms with E-state index in [9.17, 15) is 32.3 Å². The van der Waals surface area contributed by atoms with E-state index in [-0.39, 0.29) is 41.2 Å². The molecule has 1 atom stereocenters. The zero-order valence-electron chi connectivity index (χ0n) is 30.1. The molecule has 3 fully saturated rings. The predicted octanol–water partition coefficient (Wildman–Crippen LogP) is 6.08. The number of carbonyl (C=O) groups excluding carboxylic acids is 3. The highest BCUT2D eigenvalue weighted by Gasteiger charge is 2.34. The van der Waals surface area contributed by atoms with Gasteiger partial charge in [0.2, 0.25) is 11.8 Å². The number of piperidine rings is 2. The quantitative estimate of drug-likeness (QED) is 0.152. The molecule has 12 nitrogen and oxygen atoms in total. The lowest BCUT2D eigenvalue weighted by Crippen LogP contribution is -2.44. The summed E-state index contributed by atoms with van der Waals surface area (Å²) in [6.45, 7) is 2.83. The van der Waals surface area contributed by atoms with E-state index in [1.165, 1.54) is 4.57 Å². The second-order valence-corrected chi connectivity index (χ2v) is 15.0. The largest absolute Gasteiger partial charge is 0.433 e. The summed E-state index contributed by atoms with van der Waals surface area (Å²) >= 11 is 0. The number of imide groups is 1. The van der Waals surface area contributed by atoms with E-state index in [0.29, 0.717) is 23.2 Å². The number of alkyl halides is 3. The normalized spacial score (nSPS) is 21.7. The smallest absolute Gasteiger partial charge is 0.321 e. The molecule has 3 aliphatic rings. The van der Waals surface area contributed by atoms with Crippen LogP contribution in [0.5, 0.6) is 0 Å². The number of anilines is 1. The number of aromatic nitrogens is 5. The van der Waals surface area contributed by atoms with Crippen molar-refractivity contribution in [2.24, 2.45) is 13.0 Å². The first-order valence-electron chi connectivity index (χ1n) is 18.6. The van der Waals surface area contributed by atoms with Gasteiger partial charge in [-0.1, -0.05) is 18.2 Å². The van der Waals surface area contributed by atoms with E-state index in [2.05, 4.69) is 31.7 Å². The maximum Gasteiger partial charge on any atom is 0.433 e. The van der Waals surface area contributed by atoms with Crippen LogP contribution in [0.3, 0.4) is 0 Å². The third kappa shape index (κ3) is 7.14. The summed E-state index contributed by atoms with van der Waals surface area (Å²) in [4.78, 5) is 56.4. The molecule has 2 N–H and O–H groups in total. The summed E-state index contributed by atoms with van der Waals surface area (Å²) in [6, 6.07) is 11.0. The number of hydrogen-bond donors (Lipinski definition) is 2. The number of halogens is 4. The van der Waals surface area contributed by atoms with Crippen molar-refractivity contribution >= 4 is 45.3 Å². The van der Waals surface area contributed by atoms with Crippen LogP contribution in [0.2, 0.25) is 0 Å². The number of nitrogens with one attached hydrogen (secondary N) is 2. The van der Waals surface area contributed by atoms with Gasteiger partial charge in [-0.05, 0) is 106 Å². The van der Waals surface area contributed by atoms with E-state index in [1.54, 1.807) is 28.6 Å². The van der Waals surface area contributed by atoms with Crippen molar-refractivity contribution in [3.63, 3.8) is 0 Å². The molecule has 8 rings (SSSR count). The SMILES string of the molecule is Cn1c(=O)n(C2CCC(=O)NC2=O)c2cccc(C3CCN(CC4CCC(n5cc6cc(NC(=O)c7cccc(C(F)(F)F)n7)cc(F)c6n5)CC4)CC3)c21. The highest BCUT2D eigenvalue weighted by molar-refractivity contribution is 6.04. The first kappa shape index (κ1) is 36.6. The Morgan fingerprint density at radius 3 is 2.44 bits per heavy atom. The molecular weight excluding hydrogens is 720 g/mol. The highest BCUT2D eigenvalue weighted by Crippen LogP contribution is 2.37. The number of pyridine rings is 1. The molecule has 0 radical (unpaired) electrons. The second-order valence-electron chi connectivity index (χ2n) is 15.0. The minimum absolute atomic E-state index is 0.0840. The minimum Gasteiger partial charge on any atom is -0.321 e. The zero-order valence-corrected chi connectivity index (χ0v) is 30.1. The van der Waals surface area contributed by atoms with Crippen LogP contribution in [-0.4, -0.2) is 66.2 Å². The van der Waals surface area contributed by atoms with Crippen LogP contribution in [0, 0.1) is 11.7 Å². The van der Waals surface area contributed by atoms with Crippen LogP contribution >= 0.6 is 0 Å². The molecule has 1 unspecified atom stereocenters. The fourth-order valence-electron chi connectivity index (χ4n) is 8.70. The summed E-state index contributed by atoms with van der Waals surface area (Å²) in [5.74, 6) is -1.52. The average molecular weight is 761 g/mol. The summed E-state index contributed by atoms with van der Waals surface area (Å²) < 4.78 is 59.3. The van der Waals surface area contributed by atoms with Gasteiger partial charge < -0.3 is 10.2 Å². The van der Waals surface area contributed by atoms with Crippen molar-refractivity contribution in [1.29, 1.82) is 0 Å². The van der Waals surface area contributed by atoms with Gasteiger partial charge >= 0.3 is 11.9 Å². The fraction of sp³-hybridized carbons (Fsp3) is 0.436. The topological polar surface area (TPSA) is 136 Å². The summed E-state index contributed by atoms with van der Waals surface area (Å²) in [5, 5.41) is 9.82. The van der Waals surface area contributed by atoms with Gasteiger partial charge in [0.15, 0.2) is 5.82 Å². The van der Waals surface area contributed by atoms with E-state index < -0.39 is 41.2 Å². The third-order valence-corrected chi connectivity index (χ3v) is 11.5. The molecule has 2 aromatic carbocycles. The molecule has 16 heteroatoms. The summed E-state index contributed by atoms with van der Waals surface area (Å²) in [5.41, 5.74) is 1.02. The lowest BCUT2D eigenvalue weighted by Gasteiger charge is -2.37. The number of fused-ring (bicyclic) bond motifs is 2. The first-order valence-corrected chi connectivity index (χ1v) is 18.6. The molecule has 2 saturated heterocycles. The Bertz CT molecular complexity index is 2370. The van der Waals surface area contributed by atoms with Crippen molar-refractivity contribution in [3.8, 4) is 0 Å². The lowest BCUT2D eigenvalue weighted by atomic mass is 9.84. The predicted molar refractivity (Wildman–Crippen MR) is 195 cm³/mol. The van der Waals surface area contributed by atoms with E-state index in [1.807, 2.05) is 12.1 Å². The number of rotatable bonds is 7. The van der Waals surface area contributed by atoms with Gasteiger partial charge in [0.05, 0.1) is 17.1 Å². The molecule has 3 aromatic heterocycles. The number of hydrogen-bond acceptors (Lipinski definition) is 7. The van der Waals surface area contributed by atoms with E-state index >= 15 is 4.39 Å². The number of carbonyl (C=O) groups is 3. The highest BCUT2D eigenvalue weighted by atomic mass is 19.4. The summed E-state index contributed by atoms with van der Waals surface area (Å²) in [7, 11) is 1.74. The Kier molecular flexibility index (Phi) is 9.55. The van der Waals surface area contributed by atoms with Crippen molar-refractivity contribution in [3.05, 3.63) is 88.0 Å². The number of nitrogens with zero attached hydrogens (tertiary/aromatic N) is 6.